The third kappa shape index (κ3) is 3.52. The minimum absolute atomic E-state index is 0.0422. The Morgan fingerprint density at radius 1 is 0.900 bits per heavy atom. The van der Waals surface area contributed by atoms with Gasteiger partial charge >= 0.3 is 0 Å². The van der Waals surface area contributed by atoms with Gasteiger partial charge < -0.3 is 9.80 Å². The SMILES string of the molecule is O=C(c1cccc2ccccc12)N1CCCC(C(=O)N2CCCC2c2cccs2)C1. The second kappa shape index (κ2) is 8.23. The smallest absolute Gasteiger partial charge is 0.254 e. The minimum Gasteiger partial charge on any atom is -0.338 e. The molecule has 2 amide bonds. The highest BCUT2D eigenvalue weighted by atomic mass is 32.1. The third-order valence-corrected chi connectivity index (χ3v) is 7.46. The van der Waals surface area contributed by atoms with Crippen LogP contribution in [0.5, 0.6) is 0 Å². The van der Waals surface area contributed by atoms with E-state index in [1.54, 1.807) is 11.3 Å². The van der Waals surface area contributed by atoms with E-state index >= 15 is 0 Å². The lowest BCUT2D eigenvalue weighted by molar-refractivity contribution is -0.137. The van der Waals surface area contributed by atoms with E-state index in [1.165, 1.54) is 4.88 Å². The Morgan fingerprint density at radius 2 is 1.73 bits per heavy atom. The molecule has 2 aliphatic heterocycles. The first-order chi connectivity index (χ1) is 14.7. The van der Waals surface area contributed by atoms with Crippen LogP contribution in [0.4, 0.5) is 0 Å². The molecular weight excluding hydrogens is 392 g/mol. The first-order valence-corrected chi connectivity index (χ1v) is 11.7. The number of rotatable bonds is 3. The Labute approximate surface area is 181 Å². The molecule has 2 saturated heterocycles. The molecule has 3 aromatic rings. The number of nitrogens with zero attached hydrogens (tertiary/aromatic N) is 2. The molecule has 0 bridgehead atoms. The Kier molecular flexibility index (Phi) is 5.30. The summed E-state index contributed by atoms with van der Waals surface area (Å²) in [7, 11) is 0. The third-order valence-electron chi connectivity index (χ3n) is 6.49. The van der Waals surface area contributed by atoms with Gasteiger partial charge in [-0.2, -0.15) is 0 Å². The fraction of sp³-hybridized carbons (Fsp3) is 0.360. The van der Waals surface area contributed by atoms with E-state index in [-0.39, 0.29) is 23.8 Å². The van der Waals surface area contributed by atoms with E-state index in [1.807, 2.05) is 47.4 Å². The number of benzene rings is 2. The van der Waals surface area contributed by atoms with Gasteiger partial charge in [0.25, 0.3) is 5.91 Å². The summed E-state index contributed by atoms with van der Waals surface area (Å²) in [4.78, 5) is 32.0. The number of thiophene rings is 1. The first kappa shape index (κ1) is 19.3. The molecule has 0 N–H and O–H groups in total. The van der Waals surface area contributed by atoms with Crippen molar-refractivity contribution in [2.24, 2.45) is 5.92 Å². The van der Waals surface area contributed by atoms with Crippen LogP contribution in [0.3, 0.4) is 0 Å². The zero-order chi connectivity index (χ0) is 20.5. The van der Waals surface area contributed by atoms with Crippen LogP contribution in [0.2, 0.25) is 0 Å². The standard InChI is InChI=1S/C25H26N2O2S/c28-24(27-15-5-12-22(27)23-13-6-16-30-23)19-9-4-14-26(17-19)25(29)21-11-3-8-18-7-1-2-10-20(18)21/h1-3,6-8,10-11,13,16,19,22H,4-5,9,12,14-15,17H2. The van der Waals surface area contributed by atoms with Crippen molar-refractivity contribution in [1.29, 1.82) is 0 Å². The number of hydrogen-bond donors (Lipinski definition) is 0. The predicted octanol–water partition coefficient (Wildman–Crippen LogP) is 5.12. The predicted molar refractivity (Wildman–Crippen MR) is 121 cm³/mol. The summed E-state index contributed by atoms with van der Waals surface area (Å²) >= 11 is 1.73. The molecule has 0 spiro atoms. The van der Waals surface area contributed by atoms with Crippen LogP contribution in [0, 0.1) is 5.92 Å². The summed E-state index contributed by atoms with van der Waals surface area (Å²) < 4.78 is 0. The van der Waals surface area contributed by atoms with Gasteiger partial charge in [-0.1, -0.05) is 42.5 Å². The summed E-state index contributed by atoms with van der Waals surface area (Å²) in [6.07, 6.45) is 3.84. The number of carbonyl (C=O) groups is 2. The monoisotopic (exact) mass is 418 g/mol. The minimum atomic E-state index is -0.0989. The molecule has 5 heteroatoms. The largest absolute Gasteiger partial charge is 0.338 e. The maximum atomic E-state index is 13.4. The Morgan fingerprint density at radius 3 is 2.60 bits per heavy atom. The van der Waals surface area contributed by atoms with Crippen LogP contribution < -0.4 is 0 Å². The fourth-order valence-corrected chi connectivity index (χ4v) is 5.86. The molecule has 154 valence electrons. The van der Waals surface area contributed by atoms with Crippen molar-refractivity contribution < 1.29 is 9.59 Å². The second-order valence-electron chi connectivity index (χ2n) is 8.32. The number of hydrogen-bond acceptors (Lipinski definition) is 3. The second-order valence-corrected chi connectivity index (χ2v) is 9.30. The van der Waals surface area contributed by atoms with Crippen LogP contribution in [0.1, 0.15) is 47.0 Å². The molecule has 2 aromatic carbocycles. The normalized spacial score (nSPS) is 21.9. The maximum absolute atomic E-state index is 13.4. The molecule has 2 unspecified atom stereocenters. The van der Waals surface area contributed by atoms with E-state index in [4.69, 9.17) is 0 Å². The lowest BCUT2D eigenvalue weighted by Gasteiger charge is -2.35. The number of likely N-dealkylation sites (tertiary alicyclic amines) is 2. The van der Waals surface area contributed by atoms with Gasteiger partial charge in [-0.15, -0.1) is 11.3 Å². The first-order valence-electron chi connectivity index (χ1n) is 10.8. The van der Waals surface area contributed by atoms with Gasteiger partial charge in [0, 0.05) is 30.1 Å². The van der Waals surface area contributed by atoms with Gasteiger partial charge in [0.2, 0.25) is 5.91 Å². The molecular formula is C25H26N2O2S. The maximum Gasteiger partial charge on any atom is 0.254 e. The summed E-state index contributed by atoms with van der Waals surface area (Å²) in [6, 6.07) is 18.3. The molecule has 3 heterocycles. The van der Waals surface area contributed by atoms with Gasteiger partial charge in [-0.25, -0.2) is 0 Å². The molecule has 0 aliphatic carbocycles. The molecule has 2 aliphatic rings. The van der Waals surface area contributed by atoms with Gasteiger partial charge in [0.05, 0.1) is 12.0 Å². The van der Waals surface area contributed by atoms with Crippen molar-refractivity contribution in [2.75, 3.05) is 19.6 Å². The van der Waals surface area contributed by atoms with E-state index < -0.39 is 0 Å². The van der Waals surface area contributed by atoms with Gasteiger partial charge in [0.15, 0.2) is 0 Å². The molecule has 5 rings (SSSR count). The molecule has 0 saturated carbocycles. The Balaban J connectivity index is 1.34. The van der Waals surface area contributed by atoms with Gasteiger partial charge in [0.1, 0.15) is 0 Å². The van der Waals surface area contributed by atoms with E-state index in [2.05, 4.69) is 22.4 Å². The molecule has 0 radical (unpaired) electrons. The lowest BCUT2D eigenvalue weighted by atomic mass is 9.94. The molecule has 4 nitrogen and oxygen atoms in total. The average molecular weight is 419 g/mol. The number of fused-ring (bicyclic) bond motifs is 1. The van der Waals surface area contributed by atoms with E-state index in [9.17, 15) is 9.59 Å². The van der Waals surface area contributed by atoms with Crippen molar-refractivity contribution in [2.45, 2.75) is 31.7 Å². The van der Waals surface area contributed by atoms with Gasteiger partial charge in [-0.3, -0.25) is 9.59 Å². The summed E-state index contributed by atoms with van der Waals surface area (Å²) in [5.74, 6) is 0.167. The summed E-state index contributed by atoms with van der Waals surface area (Å²) in [5.41, 5.74) is 0.735. The number of carbonyl (C=O) groups excluding carboxylic acids is 2. The van der Waals surface area contributed by atoms with Gasteiger partial charge in [-0.05, 0) is 54.0 Å². The number of piperidine rings is 1. The summed E-state index contributed by atoms with van der Waals surface area (Å²) in [6.45, 7) is 2.07. The highest BCUT2D eigenvalue weighted by Crippen LogP contribution is 2.36. The highest BCUT2D eigenvalue weighted by Gasteiger charge is 2.37. The zero-order valence-corrected chi connectivity index (χ0v) is 17.8. The average Bonchev–Trinajstić information content (AvgIpc) is 3.49. The van der Waals surface area contributed by atoms with E-state index in [0.29, 0.717) is 6.54 Å². The van der Waals surface area contributed by atoms with Crippen molar-refractivity contribution in [3.63, 3.8) is 0 Å². The lowest BCUT2D eigenvalue weighted by Crippen LogP contribution is -2.46. The van der Waals surface area contributed by atoms with Crippen molar-refractivity contribution in [1.82, 2.24) is 9.80 Å². The van der Waals surface area contributed by atoms with Crippen molar-refractivity contribution in [3.8, 4) is 0 Å². The summed E-state index contributed by atoms with van der Waals surface area (Å²) in [5, 5.41) is 4.14. The molecule has 2 atom stereocenters. The molecule has 30 heavy (non-hydrogen) atoms. The van der Waals surface area contributed by atoms with Crippen molar-refractivity contribution >= 4 is 33.9 Å². The molecule has 2 fully saturated rings. The fourth-order valence-electron chi connectivity index (χ4n) is 4.99. The quantitative estimate of drug-likeness (QED) is 0.592. The Bertz CT molecular complexity index is 1060. The van der Waals surface area contributed by atoms with Crippen LogP contribution in [-0.4, -0.2) is 41.2 Å². The molecule has 1 aromatic heterocycles. The van der Waals surface area contributed by atoms with Crippen LogP contribution >= 0.6 is 11.3 Å². The van der Waals surface area contributed by atoms with Crippen LogP contribution in [-0.2, 0) is 4.79 Å². The van der Waals surface area contributed by atoms with Crippen molar-refractivity contribution in [3.05, 3.63) is 70.4 Å². The zero-order valence-electron chi connectivity index (χ0n) is 17.0. The topological polar surface area (TPSA) is 40.6 Å². The number of amides is 2. The van der Waals surface area contributed by atoms with E-state index in [0.717, 1.165) is 55.1 Å². The van der Waals surface area contributed by atoms with Crippen LogP contribution in [0.25, 0.3) is 10.8 Å². The van der Waals surface area contributed by atoms with Crippen LogP contribution in [0.15, 0.2) is 60.0 Å². The Hall–Kier alpha value is -2.66. The highest BCUT2D eigenvalue weighted by molar-refractivity contribution is 7.10.